The summed E-state index contributed by atoms with van der Waals surface area (Å²) in [6, 6.07) is 5.79. The van der Waals surface area contributed by atoms with Crippen LogP contribution in [0.2, 0.25) is 0 Å². The third-order valence-electron chi connectivity index (χ3n) is 2.58. The van der Waals surface area contributed by atoms with Crippen LogP contribution in [0.5, 0.6) is 0 Å². The molecule has 0 spiro atoms. The number of carboxylic acids is 1. The highest BCUT2D eigenvalue weighted by Crippen LogP contribution is 2.08. The van der Waals surface area contributed by atoms with Gasteiger partial charge < -0.3 is 10.4 Å². The van der Waals surface area contributed by atoms with Gasteiger partial charge in [0.05, 0.1) is 11.1 Å². The third kappa shape index (κ3) is 4.81. The topological polar surface area (TPSA) is 116 Å². The summed E-state index contributed by atoms with van der Waals surface area (Å²) in [5.74, 6) is -1.77. The van der Waals surface area contributed by atoms with Crippen molar-refractivity contribution in [1.82, 2.24) is 14.3 Å². The molecule has 0 fully saturated rings. The van der Waals surface area contributed by atoms with Crippen LogP contribution in [0.1, 0.15) is 20.7 Å². The molecule has 21 heavy (non-hydrogen) atoms. The van der Waals surface area contributed by atoms with Crippen molar-refractivity contribution in [1.29, 1.82) is 0 Å². The first-order valence-electron chi connectivity index (χ1n) is 6.03. The normalized spacial score (nSPS) is 11.4. The standard InChI is InChI=1S/C12H17N3O5S/c1-15(2)21(19,20)14-8-7-13-11(16)9-5-3-4-6-10(9)12(17)18/h3-6,14H,7-8H2,1-2H3,(H,13,16)(H,17,18). The minimum absolute atomic E-state index is 0.00148. The number of nitrogens with zero attached hydrogens (tertiary/aromatic N) is 1. The van der Waals surface area contributed by atoms with Crippen molar-refractivity contribution in [3.05, 3.63) is 35.4 Å². The van der Waals surface area contributed by atoms with E-state index in [-0.39, 0.29) is 24.2 Å². The molecule has 0 heterocycles. The molecule has 0 saturated heterocycles. The number of aromatic carboxylic acids is 1. The average molecular weight is 315 g/mol. The number of amides is 1. The average Bonchev–Trinajstić information content (AvgIpc) is 2.43. The summed E-state index contributed by atoms with van der Waals surface area (Å²) >= 11 is 0. The maximum atomic E-state index is 11.9. The van der Waals surface area contributed by atoms with E-state index >= 15 is 0 Å². The number of hydrogen-bond acceptors (Lipinski definition) is 4. The fourth-order valence-corrected chi connectivity index (χ4v) is 2.07. The van der Waals surface area contributed by atoms with Gasteiger partial charge in [0.1, 0.15) is 0 Å². The van der Waals surface area contributed by atoms with E-state index in [9.17, 15) is 18.0 Å². The van der Waals surface area contributed by atoms with Crippen LogP contribution < -0.4 is 10.0 Å². The van der Waals surface area contributed by atoms with Gasteiger partial charge in [-0.05, 0) is 12.1 Å². The Bertz CT molecular complexity index is 628. The lowest BCUT2D eigenvalue weighted by molar-refractivity contribution is 0.0691. The lowest BCUT2D eigenvalue weighted by Crippen LogP contribution is -2.40. The molecule has 1 aromatic carbocycles. The molecule has 0 aliphatic carbocycles. The predicted molar refractivity (Wildman–Crippen MR) is 76.3 cm³/mol. The third-order valence-corrected chi connectivity index (χ3v) is 4.11. The van der Waals surface area contributed by atoms with Crippen molar-refractivity contribution < 1.29 is 23.1 Å². The largest absolute Gasteiger partial charge is 0.478 e. The molecule has 9 heteroatoms. The molecule has 0 aliphatic rings. The summed E-state index contributed by atoms with van der Waals surface area (Å²) in [7, 11) is -0.786. The molecular formula is C12H17N3O5S. The number of carbonyl (C=O) groups excluding carboxylic acids is 1. The molecule has 0 bridgehead atoms. The molecule has 8 nitrogen and oxygen atoms in total. The quantitative estimate of drug-likeness (QED) is 0.587. The van der Waals surface area contributed by atoms with Crippen LogP contribution in [-0.4, -0.2) is 56.9 Å². The molecule has 1 amide bonds. The lowest BCUT2D eigenvalue weighted by atomic mass is 10.1. The van der Waals surface area contributed by atoms with Gasteiger partial charge in [0.25, 0.3) is 16.1 Å². The molecular weight excluding hydrogens is 298 g/mol. The van der Waals surface area contributed by atoms with Gasteiger partial charge in [0.2, 0.25) is 0 Å². The minimum Gasteiger partial charge on any atom is -0.478 e. The zero-order valence-corrected chi connectivity index (χ0v) is 12.5. The van der Waals surface area contributed by atoms with E-state index in [1.807, 2.05) is 0 Å². The predicted octanol–water partition coefficient (Wildman–Crippen LogP) is -0.489. The van der Waals surface area contributed by atoms with Crippen LogP contribution in [0, 0.1) is 0 Å². The fraction of sp³-hybridized carbons (Fsp3) is 0.333. The molecule has 3 N–H and O–H groups in total. The molecule has 0 aliphatic heterocycles. The van der Waals surface area contributed by atoms with Gasteiger partial charge in [0, 0.05) is 27.2 Å². The second kappa shape index (κ2) is 7.16. The second-order valence-corrected chi connectivity index (χ2v) is 6.26. The Morgan fingerprint density at radius 3 is 2.24 bits per heavy atom. The highest BCUT2D eigenvalue weighted by molar-refractivity contribution is 7.87. The van der Waals surface area contributed by atoms with Gasteiger partial charge in [-0.3, -0.25) is 4.79 Å². The molecule has 1 rings (SSSR count). The SMILES string of the molecule is CN(C)S(=O)(=O)NCCNC(=O)c1ccccc1C(=O)O. The van der Waals surface area contributed by atoms with Crippen LogP contribution in [0.25, 0.3) is 0 Å². The Kier molecular flexibility index (Phi) is 5.82. The smallest absolute Gasteiger partial charge is 0.336 e. The molecule has 116 valence electrons. The summed E-state index contributed by atoms with van der Waals surface area (Å²) in [5.41, 5.74) is -0.0793. The minimum atomic E-state index is -3.54. The van der Waals surface area contributed by atoms with E-state index in [1.165, 1.54) is 32.3 Å². The first-order chi connectivity index (χ1) is 9.75. The van der Waals surface area contributed by atoms with Crippen LogP contribution in [0.3, 0.4) is 0 Å². The Hall–Kier alpha value is -1.97. The molecule has 0 aromatic heterocycles. The van der Waals surface area contributed by atoms with Gasteiger partial charge >= 0.3 is 5.97 Å². The van der Waals surface area contributed by atoms with E-state index in [1.54, 1.807) is 6.07 Å². The van der Waals surface area contributed by atoms with Crippen molar-refractivity contribution >= 4 is 22.1 Å². The monoisotopic (exact) mass is 315 g/mol. The van der Waals surface area contributed by atoms with E-state index in [0.717, 1.165) is 4.31 Å². The maximum absolute atomic E-state index is 11.9. The van der Waals surface area contributed by atoms with Crippen molar-refractivity contribution in [2.75, 3.05) is 27.2 Å². The molecule has 1 aromatic rings. The Morgan fingerprint density at radius 1 is 1.14 bits per heavy atom. The summed E-state index contributed by atoms with van der Waals surface area (Å²) in [4.78, 5) is 22.9. The molecule has 0 unspecified atom stereocenters. The van der Waals surface area contributed by atoms with E-state index in [4.69, 9.17) is 5.11 Å². The van der Waals surface area contributed by atoms with E-state index < -0.39 is 22.1 Å². The molecule has 0 radical (unpaired) electrons. The van der Waals surface area contributed by atoms with Gasteiger partial charge in [-0.15, -0.1) is 0 Å². The van der Waals surface area contributed by atoms with Crippen LogP contribution >= 0.6 is 0 Å². The Labute approximate surface area is 122 Å². The number of nitrogens with one attached hydrogen (secondary N) is 2. The Balaban J connectivity index is 2.58. The molecule has 0 atom stereocenters. The zero-order chi connectivity index (χ0) is 16.0. The number of rotatable bonds is 7. The number of carbonyl (C=O) groups is 2. The summed E-state index contributed by atoms with van der Waals surface area (Å²) in [6.07, 6.45) is 0. The second-order valence-electron chi connectivity index (χ2n) is 4.29. The van der Waals surface area contributed by atoms with Gasteiger partial charge in [-0.25, -0.2) is 9.52 Å². The number of carboxylic acid groups (broad SMARTS) is 1. The summed E-state index contributed by atoms with van der Waals surface area (Å²) in [6.45, 7) is 0.0430. The summed E-state index contributed by atoms with van der Waals surface area (Å²) in [5, 5.41) is 11.4. The van der Waals surface area contributed by atoms with Crippen molar-refractivity contribution in [3.8, 4) is 0 Å². The first-order valence-corrected chi connectivity index (χ1v) is 7.47. The van der Waals surface area contributed by atoms with Gasteiger partial charge in [-0.1, -0.05) is 12.1 Å². The number of benzene rings is 1. The lowest BCUT2D eigenvalue weighted by Gasteiger charge is -2.12. The van der Waals surface area contributed by atoms with E-state index in [0.29, 0.717) is 0 Å². The van der Waals surface area contributed by atoms with E-state index in [2.05, 4.69) is 10.0 Å². The van der Waals surface area contributed by atoms with Crippen molar-refractivity contribution in [2.45, 2.75) is 0 Å². The number of hydrogen-bond donors (Lipinski definition) is 3. The fourth-order valence-electron chi connectivity index (χ4n) is 1.45. The van der Waals surface area contributed by atoms with Crippen molar-refractivity contribution in [2.24, 2.45) is 0 Å². The Morgan fingerprint density at radius 2 is 1.71 bits per heavy atom. The molecule has 0 saturated carbocycles. The van der Waals surface area contributed by atoms with Crippen molar-refractivity contribution in [3.63, 3.8) is 0 Å². The maximum Gasteiger partial charge on any atom is 0.336 e. The highest BCUT2D eigenvalue weighted by atomic mass is 32.2. The van der Waals surface area contributed by atoms with Gasteiger partial charge in [0.15, 0.2) is 0 Å². The van der Waals surface area contributed by atoms with Crippen LogP contribution in [0.15, 0.2) is 24.3 Å². The van der Waals surface area contributed by atoms with Gasteiger partial charge in [-0.2, -0.15) is 12.7 Å². The van der Waals surface area contributed by atoms with Crippen LogP contribution in [-0.2, 0) is 10.2 Å². The first kappa shape index (κ1) is 17.1. The highest BCUT2D eigenvalue weighted by Gasteiger charge is 2.16. The summed E-state index contributed by atoms with van der Waals surface area (Å²) < 4.78 is 26.1. The zero-order valence-electron chi connectivity index (χ0n) is 11.7. The van der Waals surface area contributed by atoms with Crippen LogP contribution in [0.4, 0.5) is 0 Å².